The van der Waals surface area contributed by atoms with E-state index in [2.05, 4.69) is 10.0 Å². The molecule has 4 nitrogen and oxygen atoms in total. The molecule has 0 saturated carbocycles. The fraction of sp³-hybridized carbons (Fsp3) is 0.200. The standard InChI is InChI=1S/C15H17FN2O2S/c1-2-17-11-12-7-9-13(10-8-12)18-21(19,20)15-6-4-3-5-14(15)16/h3-10,17-18H,2,11H2,1H3. The summed E-state index contributed by atoms with van der Waals surface area (Å²) in [5.74, 6) is -0.770. The molecule has 2 aromatic carbocycles. The largest absolute Gasteiger partial charge is 0.313 e. The first-order valence-corrected chi connectivity index (χ1v) is 8.08. The highest BCUT2D eigenvalue weighted by molar-refractivity contribution is 7.92. The number of hydrogen-bond acceptors (Lipinski definition) is 3. The molecule has 0 fully saturated rings. The Hall–Kier alpha value is -1.92. The number of nitrogens with one attached hydrogen (secondary N) is 2. The lowest BCUT2D eigenvalue weighted by Gasteiger charge is -2.09. The molecule has 0 saturated heterocycles. The first-order valence-electron chi connectivity index (χ1n) is 6.60. The van der Waals surface area contributed by atoms with E-state index in [0.29, 0.717) is 5.69 Å². The molecule has 6 heteroatoms. The van der Waals surface area contributed by atoms with Gasteiger partial charge in [0.1, 0.15) is 10.7 Å². The van der Waals surface area contributed by atoms with Crippen molar-refractivity contribution in [2.45, 2.75) is 18.4 Å². The fourth-order valence-electron chi connectivity index (χ4n) is 1.83. The van der Waals surface area contributed by atoms with Crippen molar-refractivity contribution in [3.8, 4) is 0 Å². The molecule has 0 amide bonds. The van der Waals surface area contributed by atoms with Crippen LogP contribution in [0.3, 0.4) is 0 Å². The van der Waals surface area contributed by atoms with Crippen LogP contribution in [0.25, 0.3) is 0 Å². The average molecular weight is 308 g/mol. The van der Waals surface area contributed by atoms with Crippen LogP contribution in [0.5, 0.6) is 0 Å². The summed E-state index contributed by atoms with van der Waals surface area (Å²) in [4.78, 5) is -0.360. The molecule has 0 aromatic heterocycles. The van der Waals surface area contributed by atoms with Crippen LogP contribution in [0, 0.1) is 5.82 Å². The van der Waals surface area contributed by atoms with Crippen LogP contribution >= 0.6 is 0 Å². The summed E-state index contributed by atoms with van der Waals surface area (Å²) in [5.41, 5.74) is 1.45. The maximum Gasteiger partial charge on any atom is 0.264 e. The Labute approximate surface area is 124 Å². The topological polar surface area (TPSA) is 58.2 Å². The Morgan fingerprint density at radius 3 is 2.33 bits per heavy atom. The lowest BCUT2D eigenvalue weighted by Crippen LogP contribution is -2.15. The van der Waals surface area contributed by atoms with E-state index in [4.69, 9.17) is 0 Å². The van der Waals surface area contributed by atoms with E-state index < -0.39 is 15.8 Å². The molecule has 0 radical (unpaired) electrons. The van der Waals surface area contributed by atoms with Gasteiger partial charge in [-0.25, -0.2) is 12.8 Å². The highest BCUT2D eigenvalue weighted by Crippen LogP contribution is 2.18. The smallest absolute Gasteiger partial charge is 0.264 e. The predicted octanol–water partition coefficient (Wildman–Crippen LogP) is 2.74. The van der Waals surface area contributed by atoms with Gasteiger partial charge in [0.2, 0.25) is 0 Å². The molecule has 112 valence electrons. The van der Waals surface area contributed by atoms with Gasteiger partial charge in [0, 0.05) is 12.2 Å². The quantitative estimate of drug-likeness (QED) is 0.862. The van der Waals surface area contributed by atoms with Crippen molar-refractivity contribution in [1.29, 1.82) is 0 Å². The molecule has 0 bridgehead atoms. The molecule has 0 aliphatic heterocycles. The molecule has 0 aliphatic carbocycles. The number of sulfonamides is 1. The number of anilines is 1. The monoisotopic (exact) mass is 308 g/mol. The van der Waals surface area contributed by atoms with Crippen LogP contribution in [-0.4, -0.2) is 15.0 Å². The van der Waals surface area contributed by atoms with E-state index in [9.17, 15) is 12.8 Å². The average Bonchev–Trinajstić information content (AvgIpc) is 2.46. The van der Waals surface area contributed by atoms with Crippen LogP contribution in [-0.2, 0) is 16.6 Å². The zero-order chi connectivity index (χ0) is 15.3. The van der Waals surface area contributed by atoms with E-state index in [1.165, 1.54) is 18.2 Å². The van der Waals surface area contributed by atoms with Gasteiger partial charge < -0.3 is 5.32 Å². The Bertz CT molecular complexity index is 700. The molecular weight excluding hydrogens is 291 g/mol. The third kappa shape index (κ3) is 4.03. The Morgan fingerprint density at radius 2 is 1.71 bits per heavy atom. The second kappa shape index (κ2) is 6.69. The van der Waals surface area contributed by atoms with Crippen molar-refractivity contribution in [3.05, 3.63) is 59.9 Å². The summed E-state index contributed by atoms with van der Waals surface area (Å²) in [6.07, 6.45) is 0. The molecule has 0 unspecified atom stereocenters. The zero-order valence-electron chi connectivity index (χ0n) is 11.6. The molecule has 0 spiro atoms. The third-order valence-corrected chi connectivity index (χ3v) is 4.33. The van der Waals surface area contributed by atoms with E-state index >= 15 is 0 Å². The number of benzene rings is 2. The number of hydrogen-bond donors (Lipinski definition) is 2. The minimum absolute atomic E-state index is 0.360. The summed E-state index contributed by atoms with van der Waals surface area (Å²) in [6, 6.07) is 12.2. The second-order valence-corrected chi connectivity index (χ2v) is 6.16. The van der Waals surface area contributed by atoms with Gasteiger partial charge in [0.15, 0.2) is 0 Å². The minimum Gasteiger partial charge on any atom is -0.313 e. The van der Waals surface area contributed by atoms with Crippen LogP contribution in [0.1, 0.15) is 12.5 Å². The van der Waals surface area contributed by atoms with Gasteiger partial charge in [-0.3, -0.25) is 4.72 Å². The second-order valence-electron chi connectivity index (χ2n) is 4.51. The van der Waals surface area contributed by atoms with Crippen LogP contribution in [0.15, 0.2) is 53.4 Å². The van der Waals surface area contributed by atoms with E-state index in [1.807, 2.05) is 19.1 Å². The summed E-state index contributed by atoms with van der Waals surface area (Å²) in [7, 11) is -3.91. The van der Waals surface area contributed by atoms with Gasteiger partial charge in [0.05, 0.1) is 0 Å². The molecule has 2 aromatic rings. The summed E-state index contributed by atoms with van der Waals surface area (Å²) in [5, 5.41) is 3.18. The minimum atomic E-state index is -3.91. The van der Waals surface area contributed by atoms with E-state index in [1.54, 1.807) is 12.1 Å². The molecule has 0 aliphatic rings. The molecule has 2 rings (SSSR count). The maximum atomic E-state index is 13.6. The van der Waals surface area contributed by atoms with Gasteiger partial charge in [0.25, 0.3) is 10.0 Å². The van der Waals surface area contributed by atoms with Crippen molar-refractivity contribution in [2.24, 2.45) is 0 Å². The van der Waals surface area contributed by atoms with Gasteiger partial charge in [-0.05, 0) is 36.4 Å². The summed E-state index contributed by atoms with van der Waals surface area (Å²) >= 11 is 0. The van der Waals surface area contributed by atoms with Crippen molar-refractivity contribution in [1.82, 2.24) is 5.32 Å². The zero-order valence-corrected chi connectivity index (χ0v) is 12.5. The SMILES string of the molecule is CCNCc1ccc(NS(=O)(=O)c2ccccc2F)cc1. The summed E-state index contributed by atoms with van der Waals surface area (Å²) < 4.78 is 40.2. The molecule has 2 N–H and O–H groups in total. The van der Waals surface area contributed by atoms with Crippen LogP contribution in [0.2, 0.25) is 0 Å². The molecule has 0 heterocycles. The lowest BCUT2D eigenvalue weighted by molar-refractivity contribution is 0.570. The van der Waals surface area contributed by atoms with Gasteiger partial charge in [-0.15, -0.1) is 0 Å². The predicted molar refractivity (Wildman–Crippen MR) is 81.0 cm³/mol. The van der Waals surface area contributed by atoms with Crippen LogP contribution < -0.4 is 10.0 Å². The summed E-state index contributed by atoms with van der Waals surface area (Å²) in [6.45, 7) is 3.59. The fourth-order valence-corrected chi connectivity index (χ4v) is 2.97. The maximum absolute atomic E-state index is 13.6. The third-order valence-electron chi connectivity index (χ3n) is 2.91. The van der Waals surface area contributed by atoms with Crippen molar-refractivity contribution in [2.75, 3.05) is 11.3 Å². The Morgan fingerprint density at radius 1 is 1.05 bits per heavy atom. The normalized spacial score (nSPS) is 11.3. The Balaban J connectivity index is 2.16. The highest BCUT2D eigenvalue weighted by Gasteiger charge is 2.18. The number of halogens is 1. The van der Waals surface area contributed by atoms with Crippen molar-refractivity contribution >= 4 is 15.7 Å². The van der Waals surface area contributed by atoms with Gasteiger partial charge in [-0.2, -0.15) is 0 Å². The highest BCUT2D eigenvalue weighted by atomic mass is 32.2. The molecule has 21 heavy (non-hydrogen) atoms. The van der Waals surface area contributed by atoms with Crippen molar-refractivity contribution in [3.63, 3.8) is 0 Å². The molecular formula is C15H17FN2O2S. The van der Waals surface area contributed by atoms with Gasteiger partial charge >= 0.3 is 0 Å². The van der Waals surface area contributed by atoms with Crippen LogP contribution in [0.4, 0.5) is 10.1 Å². The van der Waals surface area contributed by atoms with Gasteiger partial charge in [-0.1, -0.05) is 31.2 Å². The first-order chi connectivity index (χ1) is 10.0. The van der Waals surface area contributed by atoms with E-state index in [0.717, 1.165) is 24.7 Å². The first kappa shape index (κ1) is 15.5. The molecule has 0 atom stereocenters. The van der Waals surface area contributed by atoms with E-state index in [-0.39, 0.29) is 4.90 Å². The lowest BCUT2D eigenvalue weighted by atomic mass is 10.2. The Kier molecular flexibility index (Phi) is 4.93. The van der Waals surface area contributed by atoms with Crippen molar-refractivity contribution < 1.29 is 12.8 Å². The number of rotatable bonds is 6.